The second-order valence-electron chi connectivity index (χ2n) is 14.4. The number of nitriles is 1. The topological polar surface area (TPSA) is 125 Å². The molecule has 3 saturated carbocycles. The molecule has 0 saturated heterocycles. The van der Waals surface area contributed by atoms with Gasteiger partial charge in [-0.15, -0.1) is 0 Å². The van der Waals surface area contributed by atoms with Crippen molar-refractivity contribution in [3.63, 3.8) is 0 Å². The van der Waals surface area contributed by atoms with Gasteiger partial charge >= 0.3 is 5.97 Å². The summed E-state index contributed by atoms with van der Waals surface area (Å²) in [6, 6.07) is 1.97. The zero-order valence-corrected chi connectivity index (χ0v) is 23.7. The lowest BCUT2D eigenvalue weighted by Crippen LogP contribution is -2.75. The van der Waals surface area contributed by atoms with Crippen molar-refractivity contribution in [2.75, 3.05) is 7.11 Å². The zero-order valence-electron chi connectivity index (χ0n) is 23.7. The van der Waals surface area contributed by atoms with Crippen LogP contribution >= 0.6 is 0 Å². The van der Waals surface area contributed by atoms with Gasteiger partial charge in [0.1, 0.15) is 17.3 Å². The van der Waals surface area contributed by atoms with E-state index in [1.54, 1.807) is 12.2 Å². The number of hydrogen-bond donors (Lipinski definition) is 2. The number of carbonyl (C=O) groups is 3. The van der Waals surface area contributed by atoms with E-state index < -0.39 is 56.3 Å². The molecule has 38 heavy (non-hydrogen) atoms. The third-order valence-electron chi connectivity index (χ3n) is 12.3. The van der Waals surface area contributed by atoms with Crippen LogP contribution in [0.25, 0.3) is 0 Å². The highest BCUT2D eigenvalue weighted by Crippen LogP contribution is 2.75. The molecule has 0 aromatic rings. The Morgan fingerprint density at radius 3 is 2.24 bits per heavy atom. The first-order chi connectivity index (χ1) is 17.4. The smallest absolute Gasteiger partial charge is 0.312 e. The van der Waals surface area contributed by atoms with Crippen LogP contribution in [0.5, 0.6) is 0 Å². The lowest BCUT2D eigenvalue weighted by atomic mass is 9.33. The van der Waals surface area contributed by atoms with Crippen molar-refractivity contribution in [2.24, 2.45) is 38.9 Å². The standard InChI is InChI=1S/C31H41NO6/c1-25(2)10-12-30(24(35)38-7)13-11-28(5)27(4)9-8-19-26(3,15-18(17-32)23(34)29(19,6)36)20(27)14-22(33)31(28,37)21(30)16-25/h14-15,19,21,36-37H,8-13,16H2,1-7H3/t19?,21?,26-,27+,28-,29-,30-,31+/m0/s1. The van der Waals surface area contributed by atoms with Crippen LogP contribution in [0.1, 0.15) is 86.5 Å². The average Bonchev–Trinajstić information content (AvgIpc) is 2.85. The van der Waals surface area contributed by atoms with E-state index in [9.17, 15) is 29.9 Å². The number of hydrogen-bond acceptors (Lipinski definition) is 7. The van der Waals surface area contributed by atoms with Gasteiger partial charge < -0.3 is 14.9 Å². The summed E-state index contributed by atoms with van der Waals surface area (Å²) in [7, 11) is 1.38. The zero-order chi connectivity index (χ0) is 28.3. The molecule has 0 aromatic heterocycles. The molecule has 5 rings (SSSR count). The molecule has 0 radical (unpaired) electrons. The predicted molar refractivity (Wildman–Crippen MR) is 139 cm³/mol. The van der Waals surface area contributed by atoms with Crippen LogP contribution in [-0.4, -0.2) is 46.1 Å². The number of carbonyl (C=O) groups excluding carboxylic acids is 3. The molecule has 3 fully saturated rings. The van der Waals surface area contributed by atoms with Crippen LogP contribution in [0.15, 0.2) is 23.3 Å². The van der Waals surface area contributed by atoms with Crippen LogP contribution in [0, 0.1) is 50.2 Å². The minimum absolute atomic E-state index is 0.0975. The van der Waals surface area contributed by atoms with Gasteiger partial charge in [0.05, 0.1) is 18.1 Å². The molecule has 206 valence electrons. The maximum absolute atomic E-state index is 14.4. The third-order valence-corrected chi connectivity index (χ3v) is 12.3. The predicted octanol–water partition coefficient (Wildman–Crippen LogP) is 4.22. The summed E-state index contributed by atoms with van der Waals surface area (Å²) < 4.78 is 5.31. The number of ether oxygens (including phenoxy) is 1. The first kappa shape index (κ1) is 27.3. The number of methoxy groups -OCH3 is 1. The van der Waals surface area contributed by atoms with Gasteiger partial charge in [-0.1, -0.05) is 40.7 Å². The molecule has 0 aliphatic heterocycles. The summed E-state index contributed by atoms with van der Waals surface area (Å²) in [5, 5.41) is 33.9. The van der Waals surface area contributed by atoms with Gasteiger partial charge in [0.15, 0.2) is 5.78 Å². The monoisotopic (exact) mass is 523 g/mol. The Hall–Kier alpha value is -2.30. The van der Waals surface area contributed by atoms with Gasteiger partial charge in [-0.05, 0) is 74.3 Å². The summed E-state index contributed by atoms with van der Waals surface area (Å²) in [4.78, 5) is 40.7. The van der Waals surface area contributed by atoms with E-state index in [0.29, 0.717) is 38.5 Å². The Morgan fingerprint density at radius 1 is 1.00 bits per heavy atom. The Labute approximate surface area is 225 Å². The van der Waals surface area contributed by atoms with E-state index in [1.165, 1.54) is 14.0 Å². The van der Waals surface area contributed by atoms with Crippen LogP contribution in [0.3, 0.4) is 0 Å². The third kappa shape index (κ3) is 2.89. The molecule has 8 atom stereocenters. The quantitative estimate of drug-likeness (QED) is 0.493. The van der Waals surface area contributed by atoms with E-state index in [0.717, 1.165) is 12.0 Å². The Morgan fingerprint density at radius 2 is 1.63 bits per heavy atom. The first-order valence-corrected chi connectivity index (χ1v) is 13.9. The summed E-state index contributed by atoms with van der Waals surface area (Å²) >= 11 is 0. The molecule has 2 unspecified atom stereocenters. The summed E-state index contributed by atoms with van der Waals surface area (Å²) in [5.41, 5.74) is -6.43. The summed E-state index contributed by atoms with van der Waals surface area (Å²) in [6.07, 6.45) is 7.12. The van der Waals surface area contributed by atoms with Crippen molar-refractivity contribution < 1.29 is 29.3 Å². The Kier molecular flexibility index (Phi) is 5.50. The molecule has 0 aromatic carbocycles. The van der Waals surface area contributed by atoms with Crippen LogP contribution in [-0.2, 0) is 19.1 Å². The summed E-state index contributed by atoms with van der Waals surface area (Å²) in [6.45, 7) is 11.7. The van der Waals surface area contributed by atoms with E-state index in [2.05, 4.69) is 20.8 Å². The van der Waals surface area contributed by atoms with Gasteiger partial charge in [-0.2, -0.15) is 5.26 Å². The van der Waals surface area contributed by atoms with Gasteiger partial charge in [0, 0.05) is 22.7 Å². The second-order valence-corrected chi connectivity index (χ2v) is 14.4. The number of Topliss-reactive ketones (excluding diaryl/α,β-unsaturated/α-hetero) is 1. The molecular weight excluding hydrogens is 482 g/mol. The molecule has 0 amide bonds. The molecule has 2 N–H and O–H groups in total. The highest BCUT2D eigenvalue weighted by molar-refractivity contribution is 6.07. The fraction of sp³-hybridized carbons (Fsp3) is 0.742. The maximum Gasteiger partial charge on any atom is 0.312 e. The van der Waals surface area contributed by atoms with Crippen molar-refractivity contribution in [3.8, 4) is 6.07 Å². The molecular formula is C31H41NO6. The lowest BCUT2D eigenvalue weighted by Gasteiger charge is -2.71. The van der Waals surface area contributed by atoms with Crippen molar-refractivity contribution in [1.82, 2.24) is 0 Å². The fourth-order valence-electron chi connectivity index (χ4n) is 9.87. The minimum Gasteiger partial charge on any atom is -0.469 e. The normalized spacial score (nSPS) is 49.3. The van der Waals surface area contributed by atoms with E-state index in [1.807, 2.05) is 19.9 Å². The highest BCUT2D eigenvalue weighted by atomic mass is 16.5. The molecule has 0 spiro atoms. The summed E-state index contributed by atoms with van der Waals surface area (Å²) in [5.74, 6) is -2.46. The molecule has 0 bridgehead atoms. The van der Waals surface area contributed by atoms with Crippen molar-refractivity contribution in [1.29, 1.82) is 5.26 Å². The first-order valence-electron chi connectivity index (χ1n) is 13.9. The number of ketones is 2. The van der Waals surface area contributed by atoms with E-state index >= 15 is 0 Å². The Balaban J connectivity index is 1.75. The number of allylic oxidation sites excluding steroid dienone is 2. The maximum atomic E-state index is 14.4. The van der Waals surface area contributed by atoms with E-state index in [4.69, 9.17) is 4.74 Å². The van der Waals surface area contributed by atoms with Crippen molar-refractivity contribution >= 4 is 17.5 Å². The fourth-order valence-corrected chi connectivity index (χ4v) is 9.87. The van der Waals surface area contributed by atoms with Gasteiger partial charge in [-0.3, -0.25) is 14.4 Å². The number of rotatable bonds is 1. The highest BCUT2D eigenvalue weighted by Gasteiger charge is 2.77. The minimum atomic E-state index is -1.78. The second kappa shape index (κ2) is 7.67. The number of fused-ring (bicyclic) bond motifs is 7. The van der Waals surface area contributed by atoms with Crippen molar-refractivity contribution in [3.05, 3.63) is 23.3 Å². The molecule has 5 aliphatic rings. The van der Waals surface area contributed by atoms with Gasteiger partial charge in [0.2, 0.25) is 5.78 Å². The number of esters is 1. The van der Waals surface area contributed by atoms with Crippen LogP contribution < -0.4 is 0 Å². The van der Waals surface area contributed by atoms with Gasteiger partial charge in [-0.25, -0.2) is 0 Å². The molecule has 5 aliphatic carbocycles. The molecule has 0 heterocycles. The molecule has 7 nitrogen and oxygen atoms in total. The van der Waals surface area contributed by atoms with Crippen LogP contribution in [0.2, 0.25) is 0 Å². The number of nitrogens with zero attached hydrogens (tertiary/aromatic N) is 1. The molecule has 7 heteroatoms. The largest absolute Gasteiger partial charge is 0.469 e. The number of aliphatic hydroxyl groups is 2. The SMILES string of the molecule is COC(=O)[C@]12CCC(C)(C)CC1[C@@]1(O)C(=O)C=C3[C@@]4(C)C=C(C#N)C(=O)[C@@](C)(O)C4CC[C@@]3(C)[C@]1(C)CC2. The van der Waals surface area contributed by atoms with Gasteiger partial charge in [0.25, 0.3) is 0 Å². The Bertz CT molecular complexity index is 1250. The van der Waals surface area contributed by atoms with E-state index in [-0.39, 0.29) is 17.0 Å². The van der Waals surface area contributed by atoms with Crippen LogP contribution in [0.4, 0.5) is 0 Å². The lowest BCUT2D eigenvalue weighted by molar-refractivity contribution is -0.248. The van der Waals surface area contributed by atoms with Crippen molar-refractivity contribution in [2.45, 2.75) is 97.7 Å². The average molecular weight is 524 g/mol.